The maximum absolute atomic E-state index is 12.8. The third-order valence-electron chi connectivity index (χ3n) is 11.0. The molecule has 1 aliphatic rings. The highest BCUT2D eigenvalue weighted by Crippen LogP contribution is 2.44. The summed E-state index contributed by atoms with van der Waals surface area (Å²) in [5.74, 6) is -1.86. The van der Waals surface area contributed by atoms with Crippen LogP contribution >= 0.6 is 15.6 Å². The van der Waals surface area contributed by atoms with Gasteiger partial charge < -0.3 is 39.5 Å². The van der Waals surface area contributed by atoms with Crippen LogP contribution in [-0.4, -0.2) is 98.6 Å². The van der Waals surface area contributed by atoms with Gasteiger partial charge in [-0.3, -0.25) is 28.0 Å². The Morgan fingerprint density at radius 2 is 1.15 bits per heavy atom. The van der Waals surface area contributed by atoms with E-state index in [4.69, 9.17) is 23.8 Å². The molecule has 0 aromatic rings. The van der Waals surface area contributed by atoms with Crippen LogP contribution in [0.25, 0.3) is 0 Å². The third kappa shape index (κ3) is 32.2. The van der Waals surface area contributed by atoms with Crippen molar-refractivity contribution in [3.63, 3.8) is 0 Å². The zero-order valence-corrected chi connectivity index (χ0v) is 39.5. The minimum Gasteiger partial charge on any atom is -0.462 e. The molecule has 0 radical (unpaired) electrons. The van der Waals surface area contributed by atoms with Crippen molar-refractivity contribution >= 4 is 33.4 Å². The lowest BCUT2D eigenvalue weighted by molar-refractivity contribution is -0.161. The second-order valence-electron chi connectivity index (χ2n) is 16.8. The smallest absolute Gasteiger partial charge is 0.462 e. The molecule has 16 nitrogen and oxygen atoms in total. The molecular formula is C44H82O16P2. The van der Waals surface area contributed by atoms with Gasteiger partial charge in [-0.05, 0) is 25.7 Å². The highest BCUT2D eigenvalue weighted by atomic mass is 31.2. The molecule has 364 valence electrons. The monoisotopic (exact) mass is 929 g/mol. The first-order chi connectivity index (χ1) is 29.6. The lowest BCUT2D eigenvalue weighted by atomic mass is 9.88. The van der Waals surface area contributed by atoms with E-state index in [0.717, 1.165) is 38.5 Å². The maximum Gasteiger partial charge on any atom is 0.472 e. The predicted molar refractivity (Wildman–Crippen MR) is 236 cm³/mol. The first-order valence-electron chi connectivity index (χ1n) is 23.5. The number of ketones is 1. The Balaban J connectivity index is 2.51. The number of carbonyl (C=O) groups is 3. The van der Waals surface area contributed by atoms with Crippen molar-refractivity contribution in [2.75, 3.05) is 26.4 Å². The molecule has 1 unspecified atom stereocenters. The van der Waals surface area contributed by atoms with Gasteiger partial charge in [-0.15, -0.1) is 0 Å². The largest absolute Gasteiger partial charge is 0.472 e. The van der Waals surface area contributed by atoms with Gasteiger partial charge in [0.05, 0.1) is 32.0 Å². The zero-order chi connectivity index (χ0) is 46.1. The Morgan fingerprint density at radius 1 is 0.661 bits per heavy atom. The Bertz CT molecular complexity index is 1310. The summed E-state index contributed by atoms with van der Waals surface area (Å²) in [4.78, 5) is 65.6. The molecule has 1 fully saturated rings. The van der Waals surface area contributed by atoms with Gasteiger partial charge in [-0.1, -0.05) is 154 Å². The van der Waals surface area contributed by atoms with E-state index in [1.54, 1.807) is 12.2 Å². The highest BCUT2D eigenvalue weighted by Gasteiger charge is 2.39. The molecule has 0 saturated heterocycles. The molecule has 62 heavy (non-hydrogen) atoms. The van der Waals surface area contributed by atoms with Crippen molar-refractivity contribution in [3.05, 3.63) is 12.2 Å². The van der Waals surface area contributed by atoms with Gasteiger partial charge in [0.2, 0.25) is 0 Å². The number of carbonyl (C=O) groups excluding carboxylic acids is 3. The van der Waals surface area contributed by atoms with Crippen LogP contribution in [0.4, 0.5) is 0 Å². The number of hydrogen-bond acceptors (Lipinski definition) is 13. The van der Waals surface area contributed by atoms with Gasteiger partial charge in [0.25, 0.3) is 0 Å². The maximum atomic E-state index is 12.8. The van der Waals surface area contributed by atoms with E-state index >= 15 is 0 Å². The average Bonchev–Trinajstić information content (AvgIpc) is 3.49. The summed E-state index contributed by atoms with van der Waals surface area (Å²) in [7, 11) is -9.77. The van der Waals surface area contributed by atoms with Crippen LogP contribution in [0.1, 0.15) is 187 Å². The Kier molecular flexibility index (Phi) is 33.6. The van der Waals surface area contributed by atoms with Gasteiger partial charge >= 0.3 is 27.6 Å². The van der Waals surface area contributed by atoms with Crippen LogP contribution in [0.5, 0.6) is 0 Å². The Hall–Kier alpha value is -1.55. The highest BCUT2D eigenvalue weighted by molar-refractivity contribution is 7.47. The number of aliphatic hydroxyl groups excluding tert-OH is 3. The van der Waals surface area contributed by atoms with E-state index in [0.29, 0.717) is 44.9 Å². The van der Waals surface area contributed by atoms with Gasteiger partial charge in [0.15, 0.2) is 6.10 Å². The molecule has 6 N–H and O–H groups in total. The van der Waals surface area contributed by atoms with Crippen LogP contribution < -0.4 is 0 Å². The molecule has 0 heterocycles. The van der Waals surface area contributed by atoms with Crippen LogP contribution in [0, 0.1) is 11.8 Å². The number of Topliss-reactive ketones (excluding diaryl/α,β-unsaturated/α-hetero) is 1. The molecule has 1 rings (SSSR count). The number of phosphoric ester groups is 2. The average molecular weight is 929 g/mol. The van der Waals surface area contributed by atoms with E-state index in [1.807, 2.05) is 0 Å². The Morgan fingerprint density at radius 3 is 1.71 bits per heavy atom. The molecule has 0 aliphatic heterocycles. The fraction of sp³-hybridized carbons (Fsp3) is 0.886. The molecule has 1 aliphatic carbocycles. The van der Waals surface area contributed by atoms with Crippen LogP contribution in [0.3, 0.4) is 0 Å². The van der Waals surface area contributed by atoms with E-state index in [-0.39, 0.29) is 36.9 Å². The van der Waals surface area contributed by atoms with Crippen molar-refractivity contribution in [1.82, 2.24) is 0 Å². The minimum atomic E-state index is -4.90. The van der Waals surface area contributed by atoms with Gasteiger partial charge in [0.1, 0.15) is 18.5 Å². The van der Waals surface area contributed by atoms with E-state index in [2.05, 4.69) is 22.9 Å². The quantitative estimate of drug-likeness (QED) is 0.0145. The summed E-state index contributed by atoms with van der Waals surface area (Å²) in [6.45, 7) is 1.41. The second-order valence-corrected chi connectivity index (χ2v) is 19.5. The lowest BCUT2D eigenvalue weighted by Gasteiger charge is -2.20. The van der Waals surface area contributed by atoms with Gasteiger partial charge in [-0.2, -0.15) is 0 Å². The van der Waals surface area contributed by atoms with Crippen molar-refractivity contribution in [2.45, 2.75) is 212 Å². The van der Waals surface area contributed by atoms with Crippen LogP contribution in [-0.2, 0) is 46.6 Å². The Labute approximate surface area is 371 Å². The van der Waals surface area contributed by atoms with Gasteiger partial charge in [0, 0.05) is 31.1 Å². The fourth-order valence-electron chi connectivity index (χ4n) is 7.42. The van der Waals surface area contributed by atoms with Crippen LogP contribution in [0.2, 0.25) is 0 Å². The third-order valence-corrected chi connectivity index (χ3v) is 12.5. The molecule has 1 saturated carbocycles. The number of hydrogen-bond donors (Lipinski definition) is 6. The van der Waals surface area contributed by atoms with Crippen molar-refractivity contribution < 1.29 is 76.6 Å². The summed E-state index contributed by atoms with van der Waals surface area (Å²) in [6.07, 6.45) is 23.8. The topological polar surface area (TPSA) is 253 Å². The standard InChI is InChI=1S/C44H82O16P2/c1-3-5-7-8-9-10-11-12-13-14-15-16-17-18-23-27-43(49)56-34-38(35-59-62(54,55)58-33-37(46)32-57-61(51,52)53)60-44(50)28-24-20-19-22-26-39-40(42(48)31-41(39)47)30-29-36(45)25-21-6-4-2/h29-30,36-40,42,45-46,48H,3-28,31-35H2,1-2H3,(H,54,55)(H2,51,52,53)/b30-29+/t36-,37-,38+,39+,40+,42+/m0/s1. The normalized spacial score (nSPS) is 19.4. The summed E-state index contributed by atoms with van der Waals surface area (Å²) in [5, 5.41) is 30.5. The van der Waals surface area contributed by atoms with Crippen LogP contribution in [0.15, 0.2) is 12.2 Å². The van der Waals surface area contributed by atoms with E-state index in [1.165, 1.54) is 70.6 Å². The molecule has 0 spiro atoms. The van der Waals surface area contributed by atoms with Crippen molar-refractivity contribution in [2.24, 2.45) is 11.8 Å². The molecule has 0 aromatic carbocycles. The number of ether oxygens (including phenoxy) is 2. The van der Waals surface area contributed by atoms with Gasteiger partial charge in [-0.25, -0.2) is 9.13 Å². The fourth-order valence-corrected chi connectivity index (χ4v) is 8.58. The molecule has 0 amide bonds. The first kappa shape index (κ1) is 58.5. The number of rotatable bonds is 41. The molecule has 7 atom stereocenters. The SMILES string of the molecule is CCCCCCCCCCCCCCCCCC(=O)OC[C@H](COP(=O)(O)OC[C@@H](O)COP(=O)(O)O)OC(=O)CCCCCC[C@H]1C(=O)C[C@@H](O)[C@@H]1/C=C/[C@@H](O)CCCCC. The number of esters is 2. The number of aliphatic hydroxyl groups is 3. The van der Waals surface area contributed by atoms with Crippen molar-refractivity contribution in [3.8, 4) is 0 Å². The first-order valence-corrected chi connectivity index (χ1v) is 26.5. The summed E-state index contributed by atoms with van der Waals surface area (Å²) in [6, 6.07) is 0. The van der Waals surface area contributed by atoms with E-state index in [9.17, 15) is 43.7 Å². The zero-order valence-electron chi connectivity index (χ0n) is 37.7. The lowest BCUT2D eigenvalue weighted by Crippen LogP contribution is -2.30. The minimum absolute atomic E-state index is 0.00268. The number of phosphoric acid groups is 2. The molecule has 18 heteroatoms. The molecule has 0 aromatic heterocycles. The number of unbranched alkanes of at least 4 members (excludes halogenated alkanes) is 19. The summed E-state index contributed by atoms with van der Waals surface area (Å²) < 4.78 is 47.9. The van der Waals surface area contributed by atoms with Crippen molar-refractivity contribution in [1.29, 1.82) is 0 Å². The predicted octanol–water partition coefficient (Wildman–Crippen LogP) is 8.71. The molecule has 0 bridgehead atoms. The summed E-state index contributed by atoms with van der Waals surface area (Å²) >= 11 is 0. The van der Waals surface area contributed by atoms with E-state index < -0.39 is 78.4 Å². The summed E-state index contributed by atoms with van der Waals surface area (Å²) in [5.41, 5.74) is 0. The molecular weight excluding hydrogens is 846 g/mol. The second kappa shape index (κ2) is 35.7.